The molecule has 3 heterocycles. The van der Waals surface area contributed by atoms with Gasteiger partial charge in [0.2, 0.25) is 0 Å². The van der Waals surface area contributed by atoms with Gasteiger partial charge in [-0.05, 0) is 25.7 Å². The molecule has 2 N–H and O–H groups in total. The molecule has 4 rings (SSSR count). The average molecular weight is 411 g/mol. The number of aliphatic hydroxyl groups excluding tert-OH is 2. The van der Waals surface area contributed by atoms with Gasteiger partial charge >= 0.3 is 6.09 Å². The van der Waals surface area contributed by atoms with Crippen LogP contribution in [0.15, 0.2) is 12.2 Å². The average Bonchev–Trinajstić information content (AvgIpc) is 3.55. The Morgan fingerprint density at radius 3 is 2.48 bits per heavy atom. The van der Waals surface area contributed by atoms with Crippen LogP contribution in [0.3, 0.4) is 0 Å². The summed E-state index contributed by atoms with van der Waals surface area (Å²) in [6.07, 6.45) is 2.48. The molecule has 3 aliphatic heterocycles. The van der Waals surface area contributed by atoms with Crippen molar-refractivity contribution in [3.63, 3.8) is 0 Å². The van der Waals surface area contributed by atoms with E-state index in [1.165, 1.54) is 4.90 Å². The van der Waals surface area contributed by atoms with E-state index in [0.29, 0.717) is 18.9 Å². The zero-order valence-corrected chi connectivity index (χ0v) is 17.6. The second-order valence-electron chi connectivity index (χ2n) is 9.38. The zero-order chi connectivity index (χ0) is 21.0. The first kappa shape index (κ1) is 21.1. The highest BCUT2D eigenvalue weighted by Crippen LogP contribution is 2.59. The molecule has 4 fully saturated rings. The molecule has 1 amide bonds. The molecule has 1 saturated carbocycles. The number of rotatable bonds is 5. The van der Waals surface area contributed by atoms with Crippen molar-refractivity contribution in [2.45, 2.75) is 75.3 Å². The first-order valence-corrected chi connectivity index (χ1v) is 10.5. The Labute approximate surface area is 171 Å². The summed E-state index contributed by atoms with van der Waals surface area (Å²) in [5, 5.41) is 19.4. The molecule has 0 radical (unpaired) electrons. The van der Waals surface area contributed by atoms with Gasteiger partial charge in [-0.1, -0.05) is 26.0 Å². The predicted octanol–water partition coefficient (Wildman–Crippen LogP) is 1.09. The lowest BCUT2D eigenvalue weighted by Gasteiger charge is -2.42. The lowest BCUT2D eigenvalue weighted by molar-refractivity contribution is -0.121. The number of carbonyl (C=O) groups excluding carboxylic acids is 1. The van der Waals surface area contributed by atoms with Gasteiger partial charge in [0.15, 0.2) is 0 Å². The van der Waals surface area contributed by atoms with Crippen molar-refractivity contribution < 1.29 is 34.0 Å². The molecule has 0 bridgehead atoms. The lowest BCUT2D eigenvalue weighted by atomic mass is 9.68. The van der Waals surface area contributed by atoms with Crippen molar-refractivity contribution in [1.82, 2.24) is 4.90 Å². The smallest absolute Gasteiger partial charge is 0.410 e. The minimum absolute atomic E-state index is 0.00745. The largest absolute Gasteiger partial charge is 0.443 e. The van der Waals surface area contributed by atoms with E-state index in [9.17, 15) is 15.0 Å². The van der Waals surface area contributed by atoms with Gasteiger partial charge in [-0.25, -0.2) is 4.79 Å². The highest BCUT2D eigenvalue weighted by Gasteiger charge is 2.72. The van der Waals surface area contributed by atoms with E-state index >= 15 is 0 Å². The maximum Gasteiger partial charge on any atom is 0.410 e. The number of likely N-dealkylation sites (tertiary alicyclic amines) is 1. The molecule has 1 spiro atoms. The highest BCUT2D eigenvalue weighted by molar-refractivity contribution is 5.68. The van der Waals surface area contributed by atoms with E-state index in [-0.39, 0.29) is 36.8 Å². The van der Waals surface area contributed by atoms with Gasteiger partial charge in [0, 0.05) is 7.11 Å². The van der Waals surface area contributed by atoms with Gasteiger partial charge < -0.3 is 34.1 Å². The van der Waals surface area contributed by atoms with Gasteiger partial charge in [0.05, 0.1) is 37.8 Å². The lowest BCUT2D eigenvalue weighted by Crippen LogP contribution is -2.56. The van der Waals surface area contributed by atoms with Crippen LogP contribution in [-0.2, 0) is 18.9 Å². The topological polar surface area (TPSA) is 104 Å². The molecule has 164 valence electrons. The Morgan fingerprint density at radius 1 is 1.28 bits per heavy atom. The first-order chi connectivity index (χ1) is 13.7. The van der Waals surface area contributed by atoms with Crippen molar-refractivity contribution in [3.8, 4) is 0 Å². The Kier molecular flexibility index (Phi) is 5.44. The van der Waals surface area contributed by atoms with Crippen molar-refractivity contribution in [2.75, 3.05) is 26.8 Å². The van der Waals surface area contributed by atoms with E-state index < -0.39 is 30.0 Å². The molecule has 8 nitrogen and oxygen atoms in total. The SMILES string of the molecule is CO[C@H]1C(C2(C)O[C@@H]2C=CC(C)C)[C@]2(CC[C@H]1OC(=O)N1C[C@H](O)[C@@H](O)C1)CO2. The van der Waals surface area contributed by atoms with E-state index in [1.54, 1.807) is 7.11 Å². The van der Waals surface area contributed by atoms with Crippen LogP contribution in [0.25, 0.3) is 0 Å². The molecule has 1 aliphatic carbocycles. The third-order valence-corrected chi connectivity index (χ3v) is 6.85. The van der Waals surface area contributed by atoms with Gasteiger partial charge in [-0.2, -0.15) is 0 Å². The molecule has 0 aromatic carbocycles. The third-order valence-electron chi connectivity index (χ3n) is 6.85. The van der Waals surface area contributed by atoms with Crippen molar-refractivity contribution >= 4 is 6.09 Å². The Bertz CT molecular complexity index is 653. The fraction of sp³-hybridized carbons (Fsp3) is 0.857. The predicted molar refractivity (Wildman–Crippen MR) is 103 cm³/mol. The van der Waals surface area contributed by atoms with E-state index in [2.05, 4.69) is 32.9 Å². The number of amides is 1. The minimum atomic E-state index is -0.935. The van der Waals surface area contributed by atoms with Crippen LogP contribution in [0.4, 0.5) is 4.79 Å². The maximum atomic E-state index is 12.6. The van der Waals surface area contributed by atoms with Crippen LogP contribution in [0.5, 0.6) is 0 Å². The molecule has 0 aromatic rings. The normalized spacial score (nSPS) is 46.7. The van der Waals surface area contributed by atoms with Gasteiger partial charge in [-0.3, -0.25) is 0 Å². The Hall–Kier alpha value is -1.19. The van der Waals surface area contributed by atoms with Crippen LogP contribution < -0.4 is 0 Å². The van der Waals surface area contributed by atoms with Gasteiger partial charge in [0.1, 0.15) is 29.5 Å². The number of ether oxygens (including phenoxy) is 4. The summed E-state index contributed by atoms with van der Waals surface area (Å²) in [5.74, 6) is 0.391. The third kappa shape index (κ3) is 3.81. The van der Waals surface area contributed by atoms with Crippen molar-refractivity contribution in [3.05, 3.63) is 12.2 Å². The number of hydrogen-bond donors (Lipinski definition) is 2. The number of epoxide rings is 2. The fourth-order valence-electron chi connectivity index (χ4n) is 5.07. The van der Waals surface area contributed by atoms with E-state index in [4.69, 9.17) is 18.9 Å². The fourth-order valence-corrected chi connectivity index (χ4v) is 5.07. The summed E-state index contributed by atoms with van der Waals surface area (Å²) >= 11 is 0. The summed E-state index contributed by atoms with van der Waals surface area (Å²) in [6, 6.07) is 0. The second kappa shape index (κ2) is 7.50. The second-order valence-corrected chi connectivity index (χ2v) is 9.38. The Morgan fingerprint density at radius 2 is 1.93 bits per heavy atom. The molecule has 3 saturated heterocycles. The van der Waals surface area contributed by atoms with Crippen LogP contribution in [0, 0.1) is 11.8 Å². The molecule has 2 unspecified atom stereocenters. The van der Waals surface area contributed by atoms with E-state index in [1.807, 2.05) is 0 Å². The van der Waals surface area contributed by atoms with Crippen molar-refractivity contribution in [2.24, 2.45) is 11.8 Å². The summed E-state index contributed by atoms with van der Waals surface area (Å²) in [7, 11) is 1.63. The maximum absolute atomic E-state index is 12.6. The van der Waals surface area contributed by atoms with Crippen LogP contribution >= 0.6 is 0 Å². The molecular formula is C21H33NO7. The Balaban J connectivity index is 1.48. The summed E-state index contributed by atoms with van der Waals surface area (Å²) in [6.45, 7) is 7.15. The zero-order valence-electron chi connectivity index (χ0n) is 17.6. The standard InChI is InChI=1S/C21H33NO7/c1-12(2)5-6-16-20(3,29-16)18-17(26-4)15(7-8-21(18)11-27-21)28-19(25)22-9-13(23)14(24)10-22/h5-6,12-18,23-24H,7-11H2,1-4H3/t13-,14-,15+,16+,17+,18?,20?,21-/m0/s1. The first-order valence-electron chi connectivity index (χ1n) is 10.5. The molecule has 29 heavy (non-hydrogen) atoms. The molecule has 4 aliphatic rings. The highest BCUT2D eigenvalue weighted by atomic mass is 16.6. The molecular weight excluding hydrogens is 378 g/mol. The molecule has 8 heteroatoms. The molecule has 0 aromatic heterocycles. The van der Waals surface area contributed by atoms with E-state index in [0.717, 1.165) is 6.42 Å². The number of nitrogens with zero attached hydrogens (tertiary/aromatic N) is 1. The quantitative estimate of drug-likeness (QED) is 0.515. The van der Waals surface area contributed by atoms with Crippen LogP contribution in [0.2, 0.25) is 0 Å². The molecule has 8 atom stereocenters. The monoisotopic (exact) mass is 411 g/mol. The number of methoxy groups -OCH3 is 1. The number of β-amino-alcohol motifs (C(OH)–C–C–N with tert-alkyl or cyclic N) is 2. The number of carbonyl (C=O) groups is 1. The summed E-state index contributed by atoms with van der Waals surface area (Å²) in [4.78, 5) is 14.0. The van der Waals surface area contributed by atoms with Crippen LogP contribution in [-0.4, -0.2) is 89.7 Å². The van der Waals surface area contributed by atoms with Gasteiger partial charge in [0.25, 0.3) is 0 Å². The number of aliphatic hydroxyl groups is 2. The number of allylic oxidation sites excluding steroid dienone is 1. The van der Waals surface area contributed by atoms with Gasteiger partial charge in [-0.15, -0.1) is 0 Å². The number of hydrogen-bond acceptors (Lipinski definition) is 7. The van der Waals surface area contributed by atoms with Crippen LogP contribution in [0.1, 0.15) is 33.6 Å². The summed E-state index contributed by atoms with van der Waals surface area (Å²) < 4.78 is 23.7. The summed E-state index contributed by atoms with van der Waals surface area (Å²) in [5.41, 5.74) is -0.702. The minimum Gasteiger partial charge on any atom is -0.443 e. The van der Waals surface area contributed by atoms with Crippen molar-refractivity contribution in [1.29, 1.82) is 0 Å².